The average molecular weight is 417 g/mol. The number of aryl methyl sites for hydroxylation is 2. The van der Waals surface area contributed by atoms with E-state index in [0.29, 0.717) is 28.7 Å². The number of rotatable bonds is 4. The second-order valence-corrected chi connectivity index (χ2v) is 7.91. The number of amides is 1. The largest absolute Gasteiger partial charge is 0.383 e. The summed E-state index contributed by atoms with van der Waals surface area (Å²) in [6.07, 6.45) is 6.72. The van der Waals surface area contributed by atoms with Crippen LogP contribution < -0.4 is 11.1 Å². The molecule has 1 fully saturated rings. The summed E-state index contributed by atoms with van der Waals surface area (Å²) >= 11 is 5.82. The van der Waals surface area contributed by atoms with Gasteiger partial charge in [-0.05, 0) is 48.9 Å². The Morgan fingerprint density at radius 1 is 1.31 bits per heavy atom. The van der Waals surface area contributed by atoms with E-state index < -0.39 is 5.82 Å². The Morgan fingerprint density at radius 3 is 2.76 bits per heavy atom. The van der Waals surface area contributed by atoms with Gasteiger partial charge in [0.25, 0.3) is 5.91 Å². The number of nitrogens with two attached hydrogens (primary N) is 1. The quantitative estimate of drug-likeness (QED) is 0.676. The Morgan fingerprint density at radius 2 is 2.07 bits per heavy atom. The maximum Gasteiger partial charge on any atom is 0.261 e. The highest BCUT2D eigenvalue weighted by molar-refractivity contribution is 6.31. The van der Waals surface area contributed by atoms with Crippen molar-refractivity contribution in [1.82, 2.24) is 19.6 Å². The first-order valence-electron chi connectivity index (χ1n) is 9.40. The van der Waals surface area contributed by atoms with Crippen molar-refractivity contribution in [2.24, 2.45) is 14.1 Å². The summed E-state index contributed by atoms with van der Waals surface area (Å²) in [5.41, 5.74) is 8.83. The van der Waals surface area contributed by atoms with Crippen LogP contribution in [0.5, 0.6) is 0 Å². The van der Waals surface area contributed by atoms with Gasteiger partial charge in [-0.1, -0.05) is 11.6 Å². The third kappa shape index (κ3) is 3.72. The Balaban J connectivity index is 1.58. The molecule has 1 saturated carbocycles. The van der Waals surface area contributed by atoms with Gasteiger partial charge in [0.1, 0.15) is 17.2 Å². The number of hydrogen-bond donors (Lipinski definition) is 2. The lowest BCUT2D eigenvalue weighted by molar-refractivity contribution is 0.102. The fourth-order valence-electron chi connectivity index (χ4n) is 4.03. The molecule has 1 aromatic carbocycles. The molecule has 2 atom stereocenters. The molecular formula is C20H22ClFN6O. The predicted molar refractivity (Wildman–Crippen MR) is 110 cm³/mol. The minimum atomic E-state index is -0.543. The first kappa shape index (κ1) is 19.4. The van der Waals surface area contributed by atoms with Gasteiger partial charge in [-0.25, -0.2) is 4.39 Å². The van der Waals surface area contributed by atoms with Crippen LogP contribution in [0, 0.1) is 5.82 Å². The number of halogens is 2. The van der Waals surface area contributed by atoms with Crippen molar-refractivity contribution in [3.63, 3.8) is 0 Å². The zero-order valence-corrected chi connectivity index (χ0v) is 16.9. The molecule has 2 aromatic heterocycles. The van der Waals surface area contributed by atoms with Gasteiger partial charge in [0, 0.05) is 31.9 Å². The summed E-state index contributed by atoms with van der Waals surface area (Å²) in [6, 6.07) is 4.04. The van der Waals surface area contributed by atoms with Crippen molar-refractivity contribution in [2.45, 2.75) is 31.1 Å². The minimum Gasteiger partial charge on any atom is -0.383 e. The Hall–Kier alpha value is -2.87. The fraction of sp³-hybridized carbons (Fsp3) is 0.350. The van der Waals surface area contributed by atoms with Gasteiger partial charge in [0.05, 0.1) is 16.9 Å². The average Bonchev–Trinajstić information content (AvgIpc) is 3.38. The summed E-state index contributed by atoms with van der Waals surface area (Å²) < 4.78 is 16.7. The number of carbonyl (C=O) groups is 1. The molecule has 0 unspecified atom stereocenters. The molecule has 7 nitrogen and oxygen atoms in total. The number of benzene rings is 1. The van der Waals surface area contributed by atoms with Crippen LogP contribution in [0.15, 0.2) is 30.6 Å². The molecule has 1 aliphatic carbocycles. The van der Waals surface area contributed by atoms with Crippen LogP contribution in [0.1, 0.15) is 52.7 Å². The molecule has 9 heteroatoms. The van der Waals surface area contributed by atoms with Crippen LogP contribution in [0.3, 0.4) is 0 Å². The second-order valence-electron chi connectivity index (χ2n) is 7.51. The lowest BCUT2D eigenvalue weighted by atomic mass is 9.95. The van der Waals surface area contributed by atoms with Crippen LogP contribution in [-0.2, 0) is 14.1 Å². The number of hydrogen-bond acceptors (Lipinski definition) is 4. The maximum atomic E-state index is 13.4. The molecule has 152 valence electrons. The topological polar surface area (TPSA) is 90.8 Å². The van der Waals surface area contributed by atoms with Gasteiger partial charge in [0.15, 0.2) is 0 Å². The molecule has 0 radical (unpaired) electrons. The Kier molecular flexibility index (Phi) is 5.04. The normalized spacial score (nSPS) is 18.9. The summed E-state index contributed by atoms with van der Waals surface area (Å²) in [5, 5.41) is 11.5. The molecule has 29 heavy (non-hydrogen) atoms. The van der Waals surface area contributed by atoms with Gasteiger partial charge in [0.2, 0.25) is 0 Å². The summed E-state index contributed by atoms with van der Waals surface area (Å²) in [7, 11) is 3.62. The van der Waals surface area contributed by atoms with Crippen LogP contribution in [0.2, 0.25) is 5.02 Å². The van der Waals surface area contributed by atoms with Gasteiger partial charge in [-0.15, -0.1) is 0 Å². The molecule has 0 spiro atoms. The fourth-order valence-corrected chi connectivity index (χ4v) is 4.21. The van der Waals surface area contributed by atoms with Crippen molar-refractivity contribution in [3.8, 4) is 0 Å². The van der Waals surface area contributed by atoms with Crippen molar-refractivity contribution < 1.29 is 9.18 Å². The van der Waals surface area contributed by atoms with E-state index >= 15 is 0 Å². The monoisotopic (exact) mass is 416 g/mol. The van der Waals surface area contributed by atoms with Crippen molar-refractivity contribution in [1.29, 1.82) is 0 Å². The molecule has 1 aliphatic rings. The highest BCUT2D eigenvalue weighted by atomic mass is 35.5. The van der Waals surface area contributed by atoms with Crippen molar-refractivity contribution >= 4 is 29.0 Å². The van der Waals surface area contributed by atoms with Crippen LogP contribution >= 0.6 is 11.6 Å². The number of nitrogens with zero attached hydrogens (tertiary/aromatic N) is 4. The highest BCUT2D eigenvalue weighted by Crippen LogP contribution is 2.44. The van der Waals surface area contributed by atoms with Crippen molar-refractivity contribution in [2.75, 3.05) is 11.1 Å². The maximum absolute atomic E-state index is 13.4. The zero-order chi connectivity index (χ0) is 20.7. The first-order valence-corrected chi connectivity index (χ1v) is 9.78. The number of nitrogens with one attached hydrogen (secondary N) is 1. The van der Waals surface area contributed by atoms with E-state index in [-0.39, 0.29) is 16.8 Å². The third-order valence-electron chi connectivity index (χ3n) is 5.54. The molecule has 0 aliphatic heterocycles. The van der Waals surface area contributed by atoms with Crippen LogP contribution in [-0.4, -0.2) is 25.5 Å². The van der Waals surface area contributed by atoms with Gasteiger partial charge >= 0.3 is 0 Å². The SMILES string of the molecule is Cn1cc([C@H]2CC[C@@H](c3nn(C)c(N)c3C(=O)Nc3ccc(F)c(Cl)c3)C2)cn1. The van der Waals surface area contributed by atoms with E-state index in [0.717, 1.165) is 19.3 Å². The van der Waals surface area contributed by atoms with E-state index in [1.165, 1.54) is 28.4 Å². The molecular weight excluding hydrogens is 395 g/mol. The van der Waals surface area contributed by atoms with Gasteiger partial charge in [-0.3, -0.25) is 14.2 Å². The third-order valence-corrected chi connectivity index (χ3v) is 5.83. The lowest BCUT2D eigenvalue weighted by Crippen LogP contribution is -2.16. The number of nitrogen functional groups attached to an aromatic ring is 1. The highest BCUT2D eigenvalue weighted by Gasteiger charge is 2.34. The number of anilines is 2. The van der Waals surface area contributed by atoms with E-state index in [1.807, 2.05) is 19.4 Å². The van der Waals surface area contributed by atoms with Crippen LogP contribution in [0.4, 0.5) is 15.9 Å². The first-order chi connectivity index (χ1) is 13.8. The summed E-state index contributed by atoms with van der Waals surface area (Å²) in [5.74, 6) is -0.114. The molecule has 1 amide bonds. The van der Waals surface area contributed by atoms with E-state index in [1.54, 1.807) is 11.7 Å². The molecule has 3 aromatic rings. The standard InChI is InChI=1S/C20H22ClFN6O/c1-27-10-13(9-24-27)11-3-4-12(7-11)18-17(19(23)28(2)26-18)20(29)25-14-5-6-16(22)15(21)8-14/h5-6,8-12H,3-4,7,23H2,1-2H3,(H,25,29)/t11-,12+/m0/s1. The van der Waals surface area contributed by atoms with Crippen molar-refractivity contribution in [3.05, 3.63) is 58.3 Å². The Bertz CT molecular complexity index is 1080. The smallest absolute Gasteiger partial charge is 0.261 e. The number of aromatic nitrogens is 4. The van der Waals surface area contributed by atoms with Gasteiger partial charge in [-0.2, -0.15) is 10.2 Å². The molecule has 2 heterocycles. The van der Waals surface area contributed by atoms with E-state index in [2.05, 4.69) is 15.5 Å². The number of carbonyl (C=O) groups excluding carboxylic acids is 1. The minimum absolute atomic E-state index is 0.0581. The molecule has 0 saturated heterocycles. The van der Waals surface area contributed by atoms with Gasteiger partial charge < -0.3 is 11.1 Å². The van der Waals surface area contributed by atoms with E-state index in [9.17, 15) is 9.18 Å². The summed E-state index contributed by atoms with van der Waals surface area (Å²) in [6.45, 7) is 0. The van der Waals surface area contributed by atoms with Crippen LogP contribution in [0.25, 0.3) is 0 Å². The molecule has 3 N–H and O–H groups in total. The van der Waals surface area contributed by atoms with E-state index in [4.69, 9.17) is 17.3 Å². The zero-order valence-electron chi connectivity index (χ0n) is 16.2. The summed E-state index contributed by atoms with van der Waals surface area (Å²) in [4.78, 5) is 13.0. The second kappa shape index (κ2) is 7.51. The Labute approximate surface area is 172 Å². The molecule has 4 rings (SSSR count). The predicted octanol–water partition coefficient (Wildman–Crippen LogP) is 3.83. The lowest BCUT2D eigenvalue weighted by Gasteiger charge is -2.11. The molecule has 0 bridgehead atoms.